The molecule has 4 heteroatoms. The lowest BCUT2D eigenvalue weighted by atomic mass is 10.2. The number of phenolic OH excluding ortho intramolecular Hbond substituents is 1. The Morgan fingerprint density at radius 1 is 1.22 bits per heavy atom. The fourth-order valence-electron chi connectivity index (χ4n) is 2.05. The van der Waals surface area contributed by atoms with Gasteiger partial charge in [0.2, 0.25) is 0 Å². The highest BCUT2D eigenvalue weighted by molar-refractivity contribution is 5.83. The summed E-state index contributed by atoms with van der Waals surface area (Å²) in [6.45, 7) is 2.01. The molecular formula is C14H13N3O. The number of hydrogen-bond donors (Lipinski definition) is 3. The number of aromatic amines is 1. The van der Waals surface area contributed by atoms with Crippen LogP contribution in [0, 0.1) is 6.92 Å². The van der Waals surface area contributed by atoms with E-state index in [-0.39, 0.29) is 5.75 Å². The molecule has 2 aromatic carbocycles. The van der Waals surface area contributed by atoms with E-state index in [1.807, 2.05) is 25.1 Å². The molecule has 4 nitrogen and oxygen atoms in total. The molecule has 3 aromatic rings. The highest BCUT2D eigenvalue weighted by atomic mass is 16.3. The Labute approximate surface area is 104 Å². The average Bonchev–Trinajstić information content (AvgIpc) is 2.74. The zero-order valence-electron chi connectivity index (χ0n) is 9.94. The summed E-state index contributed by atoms with van der Waals surface area (Å²) in [6.07, 6.45) is 0. The minimum atomic E-state index is 0.131. The predicted octanol–water partition coefficient (Wildman–Crippen LogP) is 2.83. The molecule has 0 atom stereocenters. The molecule has 3 rings (SSSR count). The van der Waals surface area contributed by atoms with Gasteiger partial charge in [-0.1, -0.05) is 12.1 Å². The van der Waals surface area contributed by atoms with Gasteiger partial charge in [-0.2, -0.15) is 0 Å². The van der Waals surface area contributed by atoms with E-state index < -0.39 is 0 Å². The lowest BCUT2D eigenvalue weighted by Crippen LogP contribution is -1.86. The van der Waals surface area contributed by atoms with Crippen LogP contribution >= 0.6 is 0 Å². The molecule has 1 aromatic heterocycles. The van der Waals surface area contributed by atoms with Crippen molar-refractivity contribution in [1.82, 2.24) is 9.97 Å². The zero-order valence-corrected chi connectivity index (χ0v) is 9.94. The van der Waals surface area contributed by atoms with Gasteiger partial charge in [-0.05, 0) is 30.7 Å². The molecule has 0 saturated carbocycles. The number of rotatable bonds is 1. The van der Waals surface area contributed by atoms with Gasteiger partial charge in [0.05, 0.1) is 16.6 Å². The number of H-pyrrole nitrogens is 1. The highest BCUT2D eigenvalue weighted by Gasteiger charge is 2.10. The second-order valence-electron chi connectivity index (χ2n) is 4.33. The number of nitrogens with zero attached hydrogens (tertiary/aromatic N) is 1. The summed E-state index contributed by atoms with van der Waals surface area (Å²) in [4.78, 5) is 7.72. The van der Waals surface area contributed by atoms with Crippen molar-refractivity contribution in [2.45, 2.75) is 6.92 Å². The number of nitrogens with one attached hydrogen (secondary N) is 1. The number of nitrogen functional groups attached to an aromatic ring is 1. The number of imidazole rings is 1. The number of aromatic nitrogens is 2. The van der Waals surface area contributed by atoms with Crippen LogP contribution < -0.4 is 5.73 Å². The summed E-state index contributed by atoms with van der Waals surface area (Å²) in [5.41, 5.74) is 9.78. The summed E-state index contributed by atoms with van der Waals surface area (Å²) >= 11 is 0. The quantitative estimate of drug-likeness (QED) is 0.571. The zero-order chi connectivity index (χ0) is 12.7. The van der Waals surface area contributed by atoms with Crippen LogP contribution in [-0.4, -0.2) is 15.1 Å². The Morgan fingerprint density at radius 2 is 2.06 bits per heavy atom. The largest absolute Gasteiger partial charge is 0.507 e. The van der Waals surface area contributed by atoms with Gasteiger partial charge in [-0.3, -0.25) is 0 Å². The van der Waals surface area contributed by atoms with Crippen molar-refractivity contribution in [3.8, 4) is 17.1 Å². The lowest BCUT2D eigenvalue weighted by molar-refractivity contribution is 0.477. The number of fused-ring (bicyclic) bond motifs is 1. The van der Waals surface area contributed by atoms with Gasteiger partial charge in [0, 0.05) is 11.8 Å². The van der Waals surface area contributed by atoms with Crippen molar-refractivity contribution in [2.75, 3.05) is 5.73 Å². The van der Waals surface area contributed by atoms with Gasteiger partial charge in [-0.25, -0.2) is 4.98 Å². The van der Waals surface area contributed by atoms with E-state index in [2.05, 4.69) is 9.97 Å². The van der Waals surface area contributed by atoms with Crippen LogP contribution in [0.15, 0.2) is 36.4 Å². The molecule has 4 N–H and O–H groups in total. The molecule has 90 valence electrons. The Kier molecular flexibility index (Phi) is 2.23. The summed E-state index contributed by atoms with van der Waals surface area (Å²) < 4.78 is 0. The van der Waals surface area contributed by atoms with E-state index >= 15 is 0 Å². The first kappa shape index (κ1) is 10.7. The highest BCUT2D eigenvalue weighted by Crippen LogP contribution is 2.30. The molecule has 0 radical (unpaired) electrons. The minimum absolute atomic E-state index is 0.131. The Hall–Kier alpha value is -2.49. The third-order valence-corrected chi connectivity index (χ3v) is 2.99. The third-order valence-electron chi connectivity index (χ3n) is 2.99. The average molecular weight is 239 g/mol. The molecule has 0 aliphatic rings. The van der Waals surface area contributed by atoms with Crippen LogP contribution in [0.2, 0.25) is 0 Å². The van der Waals surface area contributed by atoms with Crippen LogP contribution in [0.1, 0.15) is 5.56 Å². The van der Waals surface area contributed by atoms with E-state index in [4.69, 9.17) is 5.73 Å². The van der Waals surface area contributed by atoms with Gasteiger partial charge in [0.25, 0.3) is 0 Å². The number of aryl methyl sites for hydroxylation is 1. The first-order chi connectivity index (χ1) is 8.65. The van der Waals surface area contributed by atoms with Gasteiger partial charge in [0.15, 0.2) is 0 Å². The maximum Gasteiger partial charge on any atom is 0.142 e. The summed E-state index contributed by atoms with van der Waals surface area (Å²) in [6, 6.07) is 11.0. The molecule has 0 aliphatic carbocycles. The molecule has 0 fully saturated rings. The smallest absolute Gasteiger partial charge is 0.142 e. The monoisotopic (exact) mass is 239 g/mol. The Bertz CT molecular complexity index is 731. The van der Waals surface area contributed by atoms with Crippen LogP contribution in [0.3, 0.4) is 0 Å². The first-order valence-electron chi connectivity index (χ1n) is 5.69. The number of hydrogen-bond acceptors (Lipinski definition) is 3. The molecule has 0 spiro atoms. The second-order valence-corrected chi connectivity index (χ2v) is 4.33. The fourth-order valence-corrected chi connectivity index (χ4v) is 2.05. The first-order valence-corrected chi connectivity index (χ1v) is 5.69. The van der Waals surface area contributed by atoms with Crippen molar-refractivity contribution in [3.05, 3.63) is 42.0 Å². The van der Waals surface area contributed by atoms with Crippen LogP contribution in [0.5, 0.6) is 5.75 Å². The number of para-hydroxylation sites is 1. The predicted molar refractivity (Wildman–Crippen MR) is 72.3 cm³/mol. The van der Waals surface area contributed by atoms with E-state index in [0.717, 1.165) is 16.6 Å². The standard InChI is InChI=1S/C14H13N3O/c1-8-3-2-4-11-13(8)17-14(16-11)10-6-5-9(15)7-12(10)18/h2-7,18H,15H2,1H3,(H,16,17). The van der Waals surface area contributed by atoms with Gasteiger partial charge in [-0.15, -0.1) is 0 Å². The molecule has 0 unspecified atom stereocenters. The number of aromatic hydroxyl groups is 1. The van der Waals surface area contributed by atoms with E-state index in [9.17, 15) is 5.11 Å². The number of phenols is 1. The molecule has 1 heterocycles. The molecule has 0 aliphatic heterocycles. The SMILES string of the molecule is Cc1cccc2[nH]c(-c3ccc(N)cc3O)nc12. The van der Waals surface area contributed by atoms with Crippen molar-refractivity contribution in [3.63, 3.8) is 0 Å². The summed E-state index contributed by atoms with van der Waals surface area (Å²) in [5, 5.41) is 9.90. The Morgan fingerprint density at radius 3 is 2.78 bits per heavy atom. The van der Waals surface area contributed by atoms with Crippen LogP contribution in [0.25, 0.3) is 22.4 Å². The third kappa shape index (κ3) is 1.59. The topological polar surface area (TPSA) is 74.9 Å². The Balaban J connectivity index is 2.23. The second kappa shape index (κ2) is 3.77. The molecular weight excluding hydrogens is 226 g/mol. The van der Waals surface area contributed by atoms with Gasteiger partial charge in [0.1, 0.15) is 11.6 Å². The number of anilines is 1. The normalized spacial score (nSPS) is 10.9. The van der Waals surface area contributed by atoms with Crippen molar-refractivity contribution >= 4 is 16.7 Å². The molecule has 0 saturated heterocycles. The summed E-state index contributed by atoms with van der Waals surface area (Å²) in [7, 11) is 0. The fraction of sp³-hybridized carbons (Fsp3) is 0.0714. The number of nitrogens with two attached hydrogens (primary N) is 1. The van der Waals surface area contributed by atoms with Crippen LogP contribution in [0.4, 0.5) is 5.69 Å². The molecule has 18 heavy (non-hydrogen) atoms. The van der Waals surface area contributed by atoms with E-state index in [0.29, 0.717) is 17.1 Å². The van der Waals surface area contributed by atoms with E-state index in [1.165, 1.54) is 6.07 Å². The van der Waals surface area contributed by atoms with Crippen molar-refractivity contribution in [2.24, 2.45) is 0 Å². The minimum Gasteiger partial charge on any atom is -0.507 e. The van der Waals surface area contributed by atoms with Gasteiger partial charge < -0.3 is 15.8 Å². The molecule has 0 amide bonds. The maximum absolute atomic E-state index is 9.90. The van der Waals surface area contributed by atoms with E-state index in [1.54, 1.807) is 12.1 Å². The summed E-state index contributed by atoms with van der Waals surface area (Å²) in [5.74, 6) is 0.781. The van der Waals surface area contributed by atoms with Crippen molar-refractivity contribution < 1.29 is 5.11 Å². The van der Waals surface area contributed by atoms with Gasteiger partial charge >= 0.3 is 0 Å². The van der Waals surface area contributed by atoms with Crippen molar-refractivity contribution in [1.29, 1.82) is 0 Å². The lowest BCUT2D eigenvalue weighted by Gasteiger charge is -2.01. The molecule has 0 bridgehead atoms. The number of benzene rings is 2. The van der Waals surface area contributed by atoms with Crippen LogP contribution in [-0.2, 0) is 0 Å². The maximum atomic E-state index is 9.90.